The van der Waals surface area contributed by atoms with E-state index in [0.717, 1.165) is 0 Å². The Hall–Kier alpha value is -0.400. The van der Waals surface area contributed by atoms with Crippen molar-refractivity contribution in [2.24, 2.45) is 0 Å². The Morgan fingerprint density at radius 3 is 2.36 bits per heavy atom. The third-order valence-electron chi connectivity index (χ3n) is 1.62. The minimum atomic E-state index is -1.12. The van der Waals surface area contributed by atoms with Crippen molar-refractivity contribution in [1.82, 2.24) is 0 Å². The Kier molecular flexibility index (Phi) is 4.31. The highest BCUT2D eigenvalue weighted by Crippen LogP contribution is 2.17. The molecule has 0 saturated carbocycles. The lowest BCUT2D eigenvalue weighted by molar-refractivity contribution is -0.118. The Labute approximate surface area is 68.0 Å². The summed E-state index contributed by atoms with van der Waals surface area (Å²) in [5.74, 6) is 0.231. The summed E-state index contributed by atoms with van der Waals surface area (Å²) in [4.78, 5) is 10.8. The summed E-state index contributed by atoms with van der Waals surface area (Å²) in [5, 5.41) is 0. The normalized spacial score (nSPS) is 11.6. The maximum absolute atomic E-state index is 12.8. The third kappa shape index (κ3) is 7.50. The van der Waals surface area contributed by atoms with Crippen molar-refractivity contribution < 1.29 is 9.18 Å². The van der Waals surface area contributed by atoms with Gasteiger partial charge in [0.1, 0.15) is 11.5 Å². The summed E-state index contributed by atoms with van der Waals surface area (Å²) in [7, 11) is 0. The molecule has 0 N–H and O–H groups in total. The van der Waals surface area contributed by atoms with Gasteiger partial charge < -0.3 is 0 Å². The predicted molar refractivity (Wildman–Crippen MR) is 44.3 cm³/mol. The van der Waals surface area contributed by atoms with Crippen molar-refractivity contribution in [2.75, 3.05) is 0 Å². The monoisotopic (exact) mass is 160 g/mol. The summed E-state index contributed by atoms with van der Waals surface area (Å²) in [5.41, 5.74) is -1.12. The van der Waals surface area contributed by atoms with Crippen LogP contribution in [-0.4, -0.2) is 11.5 Å². The summed E-state index contributed by atoms with van der Waals surface area (Å²) in [6, 6.07) is 0. The molecule has 0 aromatic rings. The Morgan fingerprint density at radius 1 is 1.45 bits per heavy atom. The molecule has 0 amide bonds. The van der Waals surface area contributed by atoms with E-state index >= 15 is 0 Å². The molecule has 0 aliphatic carbocycles. The van der Waals surface area contributed by atoms with E-state index < -0.39 is 5.67 Å². The molecule has 0 heterocycles. The van der Waals surface area contributed by atoms with Crippen molar-refractivity contribution in [2.45, 2.75) is 52.1 Å². The SMILES string of the molecule is CCC(=O)CCCC(C)(C)F. The first kappa shape index (κ1) is 10.6. The van der Waals surface area contributed by atoms with Gasteiger partial charge in [-0.05, 0) is 26.7 Å². The van der Waals surface area contributed by atoms with E-state index in [1.807, 2.05) is 6.92 Å². The first-order chi connectivity index (χ1) is 4.95. The van der Waals surface area contributed by atoms with Gasteiger partial charge in [0.2, 0.25) is 0 Å². The summed E-state index contributed by atoms with van der Waals surface area (Å²) < 4.78 is 12.8. The highest BCUT2D eigenvalue weighted by atomic mass is 19.1. The van der Waals surface area contributed by atoms with Gasteiger partial charge in [-0.2, -0.15) is 0 Å². The number of halogens is 1. The average molecular weight is 160 g/mol. The van der Waals surface area contributed by atoms with E-state index in [-0.39, 0.29) is 5.78 Å². The van der Waals surface area contributed by atoms with Crippen LogP contribution in [0, 0.1) is 0 Å². The van der Waals surface area contributed by atoms with Crippen LogP contribution in [0.3, 0.4) is 0 Å². The second-order valence-corrected chi connectivity index (χ2v) is 3.46. The van der Waals surface area contributed by atoms with Gasteiger partial charge in [-0.25, -0.2) is 4.39 Å². The van der Waals surface area contributed by atoms with Gasteiger partial charge in [0.05, 0.1) is 0 Å². The molecule has 0 saturated heterocycles. The van der Waals surface area contributed by atoms with E-state index in [4.69, 9.17) is 0 Å². The van der Waals surface area contributed by atoms with Gasteiger partial charge in [0, 0.05) is 12.8 Å². The summed E-state index contributed by atoms with van der Waals surface area (Å²) in [6.07, 6.45) is 2.27. The maximum atomic E-state index is 12.8. The van der Waals surface area contributed by atoms with Crippen molar-refractivity contribution in [3.8, 4) is 0 Å². The number of Topliss-reactive ketones (excluding diaryl/α,β-unsaturated/α-hetero) is 1. The number of hydrogen-bond donors (Lipinski definition) is 0. The van der Waals surface area contributed by atoms with E-state index in [2.05, 4.69) is 0 Å². The van der Waals surface area contributed by atoms with E-state index in [9.17, 15) is 9.18 Å². The van der Waals surface area contributed by atoms with Crippen LogP contribution in [0.5, 0.6) is 0 Å². The predicted octanol–water partition coefficient (Wildman–Crippen LogP) is 2.88. The summed E-state index contributed by atoms with van der Waals surface area (Å²) in [6.45, 7) is 4.93. The van der Waals surface area contributed by atoms with Crippen LogP contribution in [0.4, 0.5) is 4.39 Å². The molecule has 0 radical (unpaired) electrons. The minimum absolute atomic E-state index is 0.231. The average Bonchev–Trinajstić information content (AvgIpc) is 1.85. The molecule has 0 atom stereocenters. The molecule has 0 rings (SSSR count). The van der Waals surface area contributed by atoms with Gasteiger partial charge in [-0.15, -0.1) is 0 Å². The molecule has 0 aliphatic rings. The molecule has 11 heavy (non-hydrogen) atoms. The highest BCUT2D eigenvalue weighted by Gasteiger charge is 2.14. The number of alkyl halides is 1. The Bertz CT molecular complexity index is 124. The highest BCUT2D eigenvalue weighted by molar-refractivity contribution is 5.77. The second kappa shape index (κ2) is 4.47. The lowest BCUT2D eigenvalue weighted by atomic mass is 10.0. The first-order valence-electron chi connectivity index (χ1n) is 4.16. The van der Waals surface area contributed by atoms with Gasteiger partial charge in [-0.3, -0.25) is 4.79 Å². The van der Waals surface area contributed by atoms with Gasteiger partial charge >= 0.3 is 0 Å². The first-order valence-corrected chi connectivity index (χ1v) is 4.16. The van der Waals surface area contributed by atoms with Crippen LogP contribution < -0.4 is 0 Å². The molecular formula is C9H17FO. The molecule has 0 spiro atoms. The van der Waals surface area contributed by atoms with Crippen LogP contribution in [0.1, 0.15) is 46.5 Å². The van der Waals surface area contributed by atoms with Crippen LogP contribution in [0.15, 0.2) is 0 Å². The van der Waals surface area contributed by atoms with Crippen LogP contribution >= 0.6 is 0 Å². The van der Waals surface area contributed by atoms with Crippen LogP contribution in [-0.2, 0) is 4.79 Å². The molecule has 0 bridgehead atoms. The topological polar surface area (TPSA) is 17.1 Å². The van der Waals surface area contributed by atoms with Crippen molar-refractivity contribution >= 4 is 5.78 Å². The Balaban J connectivity index is 3.35. The molecule has 0 unspecified atom stereocenters. The molecule has 0 aromatic heterocycles. The van der Waals surface area contributed by atoms with Crippen LogP contribution in [0.2, 0.25) is 0 Å². The molecule has 1 nitrogen and oxygen atoms in total. The number of ketones is 1. The quantitative estimate of drug-likeness (QED) is 0.604. The molecular weight excluding hydrogens is 143 g/mol. The van der Waals surface area contributed by atoms with Crippen molar-refractivity contribution in [3.05, 3.63) is 0 Å². The number of carbonyl (C=O) groups excluding carboxylic acids is 1. The van der Waals surface area contributed by atoms with E-state index in [1.54, 1.807) is 13.8 Å². The maximum Gasteiger partial charge on any atom is 0.132 e. The summed E-state index contributed by atoms with van der Waals surface area (Å²) >= 11 is 0. The fourth-order valence-electron chi connectivity index (χ4n) is 0.883. The van der Waals surface area contributed by atoms with Gasteiger partial charge in [0.25, 0.3) is 0 Å². The van der Waals surface area contributed by atoms with Crippen molar-refractivity contribution in [3.63, 3.8) is 0 Å². The molecule has 66 valence electrons. The number of carbonyl (C=O) groups is 1. The molecule has 0 aliphatic heterocycles. The fourth-order valence-corrected chi connectivity index (χ4v) is 0.883. The Morgan fingerprint density at radius 2 is 2.00 bits per heavy atom. The fraction of sp³-hybridized carbons (Fsp3) is 0.889. The molecule has 0 fully saturated rings. The number of rotatable bonds is 5. The van der Waals surface area contributed by atoms with Gasteiger partial charge in [-0.1, -0.05) is 6.92 Å². The lowest BCUT2D eigenvalue weighted by Crippen LogP contribution is -2.11. The van der Waals surface area contributed by atoms with Crippen LogP contribution in [0.25, 0.3) is 0 Å². The number of hydrogen-bond acceptors (Lipinski definition) is 1. The zero-order chi connectivity index (χ0) is 8.91. The largest absolute Gasteiger partial charge is 0.300 e. The lowest BCUT2D eigenvalue weighted by Gasteiger charge is -2.12. The smallest absolute Gasteiger partial charge is 0.132 e. The second-order valence-electron chi connectivity index (χ2n) is 3.46. The zero-order valence-corrected chi connectivity index (χ0v) is 7.61. The standard InChI is InChI=1S/C9H17FO/c1-4-8(11)6-5-7-9(2,3)10/h4-7H2,1-3H3. The molecule has 0 aromatic carbocycles. The zero-order valence-electron chi connectivity index (χ0n) is 7.61. The van der Waals surface area contributed by atoms with Crippen molar-refractivity contribution in [1.29, 1.82) is 0 Å². The third-order valence-corrected chi connectivity index (χ3v) is 1.62. The molecule has 2 heteroatoms. The minimum Gasteiger partial charge on any atom is -0.300 e. The van der Waals surface area contributed by atoms with Gasteiger partial charge in [0.15, 0.2) is 0 Å². The van der Waals surface area contributed by atoms with E-state index in [1.165, 1.54) is 0 Å². The van der Waals surface area contributed by atoms with E-state index in [0.29, 0.717) is 25.7 Å².